The number of nitriles is 1. The number of aromatic nitrogens is 4. The van der Waals surface area contributed by atoms with Crippen LogP contribution in [0, 0.1) is 35.5 Å². The Morgan fingerprint density at radius 3 is 2.55 bits per heavy atom. The Morgan fingerprint density at radius 1 is 1.14 bits per heavy atom. The molecule has 0 fully saturated rings. The van der Waals surface area contributed by atoms with E-state index in [-0.39, 0.29) is 30.1 Å². The second-order valence-electron chi connectivity index (χ2n) is 5.73. The highest BCUT2D eigenvalue weighted by molar-refractivity contribution is 5.71. The highest BCUT2D eigenvalue weighted by Gasteiger charge is 2.16. The first kappa shape index (κ1) is 19.3. The minimum Gasteiger partial charge on any atom is -0.493 e. The number of terminal acetylenes is 1. The van der Waals surface area contributed by atoms with Crippen LogP contribution in [0.4, 0.5) is 0 Å². The van der Waals surface area contributed by atoms with Crippen molar-refractivity contribution in [3.8, 4) is 41.8 Å². The second-order valence-corrected chi connectivity index (χ2v) is 5.73. The number of imidazole rings is 1. The largest absolute Gasteiger partial charge is 0.493 e. The molecule has 0 aliphatic rings. The van der Waals surface area contributed by atoms with Crippen molar-refractivity contribution in [1.29, 1.82) is 5.26 Å². The molecule has 0 bridgehead atoms. The van der Waals surface area contributed by atoms with Crippen LogP contribution in [-0.2, 0) is 13.1 Å². The molecule has 0 aliphatic heterocycles. The van der Waals surface area contributed by atoms with Gasteiger partial charge in [-0.2, -0.15) is 5.26 Å². The highest BCUT2D eigenvalue weighted by Crippen LogP contribution is 2.27. The van der Waals surface area contributed by atoms with Gasteiger partial charge in [0, 0.05) is 5.56 Å². The monoisotopic (exact) mass is 389 g/mol. The molecule has 144 valence electrons. The third-order valence-electron chi connectivity index (χ3n) is 4.05. The maximum atomic E-state index is 12.6. The van der Waals surface area contributed by atoms with E-state index in [1.54, 1.807) is 18.2 Å². The summed E-state index contributed by atoms with van der Waals surface area (Å²) in [6.45, 7) is -0.502. The summed E-state index contributed by atoms with van der Waals surface area (Å²) in [5, 5.41) is 9.02. The number of fused-ring (bicyclic) bond motifs is 1. The molecule has 0 unspecified atom stereocenters. The highest BCUT2D eigenvalue weighted by atomic mass is 16.5. The molecule has 2 heterocycles. The number of nitrogens with zero attached hydrogens (tertiary/aromatic N) is 4. The number of ether oxygens (including phenoxy) is 2. The molecule has 0 spiro atoms. The van der Waals surface area contributed by atoms with E-state index in [0.717, 1.165) is 9.13 Å². The quantitative estimate of drug-likeness (QED) is 0.649. The predicted octanol–water partition coefficient (Wildman–Crippen LogP) is 0.460. The number of hydrogen-bond donors (Lipinski definition) is 1. The van der Waals surface area contributed by atoms with Gasteiger partial charge >= 0.3 is 5.69 Å². The van der Waals surface area contributed by atoms with Crippen LogP contribution in [0.25, 0.3) is 11.2 Å². The van der Waals surface area contributed by atoms with E-state index in [9.17, 15) is 9.59 Å². The first-order valence-corrected chi connectivity index (χ1v) is 8.31. The number of hydrogen-bond acceptors (Lipinski definition) is 6. The molecule has 3 rings (SSSR count). The van der Waals surface area contributed by atoms with Crippen molar-refractivity contribution in [1.82, 2.24) is 19.1 Å². The Kier molecular flexibility index (Phi) is 5.39. The van der Waals surface area contributed by atoms with E-state index in [2.05, 4.69) is 27.7 Å². The van der Waals surface area contributed by atoms with E-state index < -0.39 is 11.2 Å². The smallest absolute Gasteiger partial charge is 0.334 e. The van der Waals surface area contributed by atoms with Gasteiger partial charge < -0.3 is 14.5 Å². The number of nitrogens with one attached hydrogen (secondary N) is 1. The Bertz CT molecular complexity index is 1350. The summed E-state index contributed by atoms with van der Waals surface area (Å²) in [7, 11) is 3.05. The topological polar surface area (TPSA) is 115 Å². The third-order valence-corrected chi connectivity index (χ3v) is 4.05. The number of methoxy groups -OCH3 is 2. The summed E-state index contributed by atoms with van der Waals surface area (Å²) >= 11 is 0. The molecular weight excluding hydrogens is 374 g/mol. The lowest BCUT2D eigenvalue weighted by atomic mass is 10.2. The standard InChI is InChI=1S/C20H15N5O4/c1-4-10-25-19(26)17-18(24(11-9-21)20(25)27)23-16(22-17)8-6-13-5-7-14(28-2)15(12-13)29-3/h1,5,7,12H,10-11H2,2-3H3,(H,22,23). The van der Waals surface area contributed by atoms with Crippen LogP contribution < -0.4 is 20.7 Å². The molecule has 0 aliphatic carbocycles. The van der Waals surface area contributed by atoms with Crippen molar-refractivity contribution in [2.75, 3.05) is 14.2 Å². The van der Waals surface area contributed by atoms with Crippen molar-refractivity contribution in [2.45, 2.75) is 13.1 Å². The van der Waals surface area contributed by atoms with Crippen LogP contribution in [0.1, 0.15) is 11.4 Å². The molecule has 1 N–H and O–H groups in total. The maximum absolute atomic E-state index is 12.6. The first-order valence-electron chi connectivity index (χ1n) is 8.31. The average Bonchev–Trinajstić information content (AvgIpc) is 3.16. The number of aromatic amines is 1. The van der Waals surface area contributed by atoms with Gasteiger partial charge in [-0.25, -0.2) is 14.3 Å². The van der Waals surface area contributed by atoms with Crippen molar-refractivity contribution in [3.63, 3.8) is 0 Å². The molecule has 9 heteroatoms. The van der Waals surface area contributed by atoms with Gasteiger partial charge in [0.05, 0.1) is 26.8 Å². The SMILES string of the molecule is C#CCn1c(=O)c2[nH]c(C#Cc3ccc(OC)c(OC)c3)nc2n(CC#N)c1=O. The van der Waals surface area contributed by atoms with Gasteiger partial charge in [-0.15, -0.1) is 6.42 Å². The van der Waals surface area contributed by atoms with Crippen LogP contribution in [0.15, 0.2) is 27.8 Å². The molecule has 9 nitrogen and oxygen atoms in total. The average molecular weight is 389 g/mol. The normalized spacial score (nSPS) is 9.93. The van der Waals surface area contributed by atoms with E-state index in [0.29, 0.717) is 17.1 Å². The van der Waals surface area contributed by atoms with E-state index >= 15 is 0 Å². The van der Waals surface area contributed by atoms with Gasteiger partial charge in [-0.1, -0.05) is 11.8 Å². The number of benzene rings is 1. The first-order chi connectivity index (χ1) is 14.0. The van der Waals surface area contributed by atoms with Gasteiger partial charge in [-0.05, 0) is 24.1 Å². The summed E-state index contributed by atoms with van der Waals surface area (Å²) in [6.07, 6.45) is 5.24. The molecule has 0 saturated carbocycles. The molecule has 0 amide bonds. The van der Waals surface area contributed by atoms with Crippen LogP contribution in [-0.4, -0.2) is 33.3 Å². The van der Waals surface area contributed by atoms with E-state index in [4.69, 9.17) is 21.2 Å². The van der Waals surface area contributed by atoms with Crippen molar-refractivity contribution >= 4 is 11.2 Å². The molecular formula is C20H15N5O4. The minimum atomic E-state index is -0.701. The lowest BCUT2D eigenvalue weighted by Crippen LogP contribution is -2.39. The Morgan fingerprint density at radius 2 is 1.90 bits per heavy atom. The summed E-state index contributed by atoms with van der Waals surface area (Å²) < 4.78 is 12.4. The fraction of sp³-hybridized carbons (Fsp3) is 0.200. The number of rotatable bonds is 4. The fourth-order valence-electron chi connectivity index (χ4n) is 2.72. The molecule has 29 heavy (non-hydrogen) atoms. The fourth-order valence-corrected chi connectivity index (χ4v) is 2.72. The van der Waals surface area contributed by atoms with Crippen LogP contribution in [0.2, 0.25) is 0 Å². The zero-order valence-corrected chi connectivity index (χ0v) is 15.6. The van der Waals surface area contributed by atoms with Gasteiger partial charge in [0.25, 0.3) is 5.56 Å². The van der Waals surface area contributed by atoms with E-state index in [1.807, 2.05) is 6.07 Å². The van der Waals surface area contributed by atoms with E-state index in [1.165, 1.54) is 14.2 Å². The van der Waals surface area contributed by atoms with Crippen LogP contribution in [0.5, 0.6) is 11.5 Å². The zero-order chi connectivity index (χ0) is 21.0. The lowest BCUT2D eigenvalue weighted by Gasteiger charge is -2.06. The predicted molar refractivity (Wildman–Crippen MR) is 105 cm³/mol. The molecule has 0 atom stereocenters. The molecule has 2 aromatic heterocycles. The molecule has 1 aromatic carbocycles. The molecule has 3 aromatic rings. The number of H-pyrrole nitrogens is 1. The molecule has 0 radical (unpaired) electrons. The van der Waals surface area contributed by atoms with Gasteiger partial charge in [0.2, 0.25) is 0 Å². The Balaban J connectivity index is 2.14. The summed E-state index contributed by atoms with van der Waals surface area (Å²) in [5.41, 5.74) is -0.600. The summed E-state index contributed by atoms with van der Waals surface area (Å²) in [4.78, 5) is 32.0. The second kappa shape index (κ2) is 8.08. The minimum absolute atomic E-state index is 0.0476. The van der Waals surface area contributed by atoms with Crippen molar-refractivity contribution in [2.24, 2.45) is 0 Å². The zero-order valence-electron chi connectivity index (χ0n) is 15.6. The third kappa shape index (κ3) is 3.55. The van der Waals surface area contributed by atoms with Gasteiger partial charge in [0.1, 0.15) is 6.54 Å². The molecule has 0 saturated heterocycles. The van der Waals surface area contributed by atoms with Crippen LogP contribution in [0.3, 0.4) is 0 Å². The summed E-state index contributed by atoms with van der Waals surface area (Å²) in [6, 6.07) is 7.02. The van der Waals surface area contributed by atoms with Gasteiger partial charge in [-0.3, -0.25) is 9.36 Å². The Labute approximate surface area is 165 Å². The van der Waals surface area contributed by atoms with Gasteiger partial charge in [0.15, 0.2) is 28.5 Å². The maximum Gasteiger partial charge on any atom is 0.334 e. The van der Waals surface area contributed by atoms with Crippen LogP contribution >= 0.6 is 0 Å². The summed E-state index contributed by atoms with van der Waals surface area (Å²) in [5.74, 6) is 9.21. The lowest BCUT2D eigenvalue weighted by molar-refractivity contribution is 0.355. The van der Waals surface area contributed by atoms with Crippen molar-refractivity contribution < 1.29 is 9.47 Å². The Hall–Kier alpha value is -4.42. The van der Waals surface area contributed by atoms with Crippen molar-refractivity contribution in [3.05, 3.63) is 50.4 Å².